The fourth-order valence-corrected chi connectivity index (χ4v) is 5.06. The number of carbonyl (C=O) groups is 1. The molecule has 40 heavy (non-hydrogen) atoms. The average molecular weight is 577 g/mol. The summed E-state index contributed by atoms with van der Waals surface area (Å²) in [5.41, 5.74) is -0.493. The van der Waals surface area contributed by atoms with Gasteiger partial charge in [-0.25, -0.2) is 9.67 Å². The number of pyridine rings is 1. The van der Waals surface area contributed by atoms with Gasteiger partial charge in [0, 0.05) is 31.3 Å². The van der Waals surface area contributed by atoms with Crippen molar-refractivity contribution in [2.75, 3.05) is 19.6 Å². The van der Waals surface area contributed by atoms with Crippen LogP contribution in [0.25, 0.3) is 28.7 Å². The molecule has 0 amide bonds. The lowest BCUT2D eigenvalue weighted by atomic mass is 9.94. The van der Waals surface area contributed by atoms with E-state index in [0.29, 0.717) is 28.9 Å². The highest BCUT2D eigenvalue weighted by Crippen LogP contribution is 2.39. The molecular weight excluding hydrogens is 553 g/mol. The Morgan fingerprint density at radius 2 is 2.00 bits per heavy atom. The van der Waals surface area contributed by atoms with Gasteiger partial charge in [-0.1, -0.05) is 41.0 Å². The molecule has 0 spiro atoms. The second kappa shape index (κ2) is 11.4. The SMILES string of the molecule is O=C(O)C[C@H]1CCCN(C[C@H](O)c2ccc(-c3noc(-c4cnn(-c5ncccc5Cl)c4C(F)(F)F)n3)cc2)C1. The zero-order valence-electron chi connectivity index (χ0n) is 20.9. The predicted molar refractivity (Wildman–Crippen MR) is 136 cm³/mol. The van der Waals surface area contributed by atoms with Gasteiger partial charge < -0.3 is 19.6 Å². The fraction of sp³-hybridized carbons (Fsp3) is 0.346. The molecule has 2 N–H and O–H groups in total. The van der Waals surface area contributed by atoms with Crippen molar-refractivity contribution < 1.29 is 32.7 Å². The molecule has 0 bridgehead atoms. The first-order chi connectivity index (χ1) is 19.1. The maximum absolute atomic E-state index is 14.1. The Hall–Kier alpha value is -3.81. The van der Waals surface area contributed by atoms with Gasteiger partial charge in [-0.2, -0.15) is 23.3 Å². The van der Waals surface area contributed by atoms with Gasteiger partial charge in [0.25, 0.3) is 5.89 Å². The van der Waals surface area contributed by atoms with Crippen molar-refractivity contribution in [3.05, 3.63) is 65.1 Å². The standard InChI is InChI=1S/C26H24ClF3N6O4/c27-19-4-1-9-31-24(19)36-22(26(28,29)30)18(12-32-36)25-33-23(34-40-25)17-7-5-16(6-8-17)20(37)14-35-10-2-3-15(13-35)11-21(38)39/h1,4-9,12,15,20,37H,2-3,10-11,13-14H2,(H,38,39)/t15-,20+/m1/s1. The summed E-state index contributed by atoms with van der Waals surface area (Å²) >= 11 is 6.05. The number of aliphatic carboxylic acids is 1. The molecule has 0 radical (unpaired) electrons. The Balaban J connectivity index is 1.33. The Morgan fingerprint density at radius 3 is 2.70 bits per heavy atom. The molecule has 210 valence electrons. The number of nitrogens with zero attached hydrogens (tertiary/aromatic N) is 6. The number of likely N-dealkylation sites (tertiary alicyclic amines) is 1. The summed E-state index contributed by atoms with van der Waals surface area (Å²) < 4.78 is 48.0. The van der Waals surface area contributed by atoms with Gasteiger partial charge in [0.15, 0.2) is 11.5 Å². The lowest BCUT2D eigenvalue weighted by Gasteiger charge is -2.33. The number of benzene rings is 1. The fourth-order valence-electron chi connectivity index (χ4n) is 4.86. The minimum atomic E-state index is -4.83. The summed E-state index contributed by atoms with van der Waals surface area (Å²) in [7, 11) is 0. The number of piperidine rings is 1. The maximum atomic E-state index is 14.1. The van der Waals surface area contributed by atoms with E-state index in [0.717, 1.165) is 25.6 Å². The van der Waals surface area contributed by atoms with Gasteiger partial charge in [-0.05, 0) is 43.0 Å². The first-order valence-corrected chi connectivity index (χ1v) is 12.8. The van der Waals surface area contributed by atoms with Crippen molar-refractivity contribution in [2.24, 2.45) is 5.92 Å². The van der Waals surface area contributed by atoms with Crippen LogP contribution in [-0.2, 0) is 11.0 Å². The third-order valence-electron chi connectivity index (χ3n) is 6.69. The predicted octanol–water partition coefficient (Wildman–Crippen LogP) is 4.88. The Morgan fingerprint density at radius 1 is 1.23 bits per heavy atom. The van der Waals surface area contributed by atoms with Crippen molar-refractivity contribution in [3.8, 4) is 28.7 Å². The molecule has 1 aliphatic rings. The molecule has 4 heterocycles. The number of carboxylic acid groups (broad SMARTS) is 1. The van der Waals surface area contributed by atoms with Crippen LogP contribution in [0, 0.1) is 5.92 Å². The zero-order valence-corrected chi connectivity index (χ0v) is 21.7. The molecule has 2 atom stereocenters. The van der Waals surface area contributed by atoms with E-state index >= 15 is 0 Å². The number of rotatable bonds is 8. The highest BCUT2D eigenvalue weighted by atomic mass is 35.5. The lowest BCUT2D eigenvalue weighted by molar-refractivity contribution is -0.142. The molecule has 4 aromatic rings. The van der Waals surface area contributed by atoms with Crippen molar-refractivity contribution >= 4 is 17.6 Å². The molecule has 1 aromatic carbocycles. The van der Waals surface area contributed by atoms with E-state index in [1.165, 1.54) is 18.3 Å². The number of aliphatic hydroxyl groups is 1. The second-order valence-electron chi connectivity index (χ2n) is 9.55. The summed E-state index contributed by atoms with van der Waals surface area (Å²) in [5, 5.41) is 27.4. The Bertz CT molecular complexity index is 1490. The monoisotopic (exact) mass is 576 g/mol. The molecule has 1 saturated heterocycles. The van der Waals surface area contributed by atoms with Gasteiger partial charge in [-0.3, -0.25) is 4.79 Å². The Kier molecular flexibility index (Phi) is 7.88. The van der Waals surface area contributed by atoms with Crippen LogP contribution in [0.1, 0.15) is 36.6 Å². The van der Waals surface area contributed by atoms with E-state index in [9.17, 15) is 23.1 Å². The summed E-state index contributed by atoms with van der Waals surface area (Å²) in [4.78, 5) is 21.2. The van der Waals surface area contributed by atoms with Crippen molar-refractivity contribution in [1.29, 1.82) is 0 Å². The topological polar surface area (TPSA) is 130 Å². The molecular formula is C26H24ClF3N6O4. The third-order valence-corrected chi connectivity index (χ3v) is 6.98. The van der Waals surface area contributed by atoms with Gasteiger partial charge in [0.1, 0.15) is 0 Å². The smallest absolute Gasteiger partial charge is 0.434 e. The van der Waals surface area contributed by atoms with Gasteiger partial charge in [0.05, 0.1) is 22.9 Å². The van der Waals surface area contributed by atoms with E-state index < -0.39 is 29.5 Å². The van der Waals surface area contributed by atoms with E-state index in [1.54, 1.807) is 24.3 Å². The quantitative estimate of drug-likeness (QED) is 0.301. The molecule has 14 heteroatoms. The van der Waals surface area contributed by atoms with Crippen LogP contribution < -0.4 is 0 Å². The molecule has 1 aliphatic heterocycles. The van der Waals surface area contributed by atoms with Crippen LogP contribution in [0.2, 0.25) is 5.02 Å². The van der Waals surface area contributed by atoms with Crippen LogP contribution in [0.5, 0.6) is 0 Å². The largest absolute Gasteiger partial charge is 0.481 e. The lowest BCUT2D eigenvalue weighted by Crippen LogP contribution is -2.38. The molecule has 0 unspecified atom stereocenters. The second-order valence-corrected chi connectivity index (χ2v) is 9.96. The van der Waals surface area contributed by atoms with Crippen molar-refractivity contribution in [3.63, 3.8) is 0 Å². The minimum Gasteiger partial charge on any atom is -0.481 e. The molecule has 10 nitrogen and oxygen atoms in total. The van der Waals surface area contributed by atoms with Crippen LogP contribution >= 0.6 is 11.6 Å². The summed E-state index contributed by atoms with van der Waals surface area (Å²) in [6, 6.07) is 9.52. The molecule has 3 aromatic heterocycles. The average Bonchev–Trinajstić information content (AvgIpc) is 3.57. The minimum absolute atomic E-state index is 0.0171. The molecule has 0 saturated carbocycles. The molecule has 5 rings (SSSR count). The van der Waals surface area contributed by atoms with E-state index in [2.05, 4.69) is 25.1 Å². The summed E-state index contributed by atoms with van der Waals surface area (Å²) in [5.74, 6) is -1.29. The number of β-amino-alcohol motifs (C(OH)–C–C–N with tert-alkyl or cyclic N) is 1. The number of aliphatic hydroxyl groups excluding tert-OH is 1. The first kappa shape index (κ1) is 27.7. The zero-order chi connectivity index (χ0) is 28.4. The van der Waals surface area contributed by atoms with Crippen molar-refractivity contribution in [1.82, 2.24) is 29.8 Å². The Labute approximate surface area is 231 Å². The number of alkyl halides is 3. The van der Waals surface area contributed by atoms with Crippen molar-refractivity contribution in [2.45, 2.75) is 31.5 Å². The van der Waals surface area contributed by atoms with Gasteiger partial charge in [-0.15, -0.1) is 0 Å². The number of aromatic nitrogens is 5. The van der Waals surface area contributed by atoms with Crippen LogP contribution in [0.3, 0.4) is 0 Å². The van der Waals surface area contributed by atoms with Gasteiger partial charge in [0.2, 0.25) is 5.82 Å². The van der Waals surface area contributed by atoms with Crippen LogP contribution in [0.15, 0.2) is 53.3 Å². The van der Waals surface area contributed by atoms with Crippen LogP contribution in [0.4, 0.5) is 13.2 Å². The third kappa shape index (κ3) is 6.01. The number of halogens is 4. The molecule has 0 aliphatic carbocycles. The number of carboxylic acids is 1. The normalized spacial score (nSPS) is 17.2. The van der Waals surface area contributed by atoms with Crippen LogP contribution in [-0.4, -0.2) is 65.6 Å². The van der Waals surface area contributed by atoms with E-state index in [-0.39, 0.29) is 34.9 Å². The summed E-state index contributed by atoms with van der Waals surface area (Å²) in [6.07, 6.45) is -1.55. The summed E-state index contributed by atoms with van der Waals surface area (Å²) in [6.45, 7) is 1.74. The number of hydrogen-bond acceptors (Lipinski definition) is 8. The van der Waals surface area contributed by atoms with E-state index in [1.807, 2.05) is 0 Å². The van der Waals surface area contributed by atoms with E-state index in [4.69, 9.17) is 21.2 Å². The van der Waals surface area contributed by atoms with Gasteiger partial charge >= 0.3 is 12.1 Å². The molecule has 1 fully saturated rings. The highest BCUT2D eigenvalue weighted by Gasteiger charge is 2.41. The highest BCUT2D eigenvalue weighted by molar-refractivity contribution is 6.32. The first-order valence-electron chi connectivity index (χ1n) is 12.4. The maximum Gasteiger partial charge on any atom is 0.434 e. The number of hydrogen-bond donors (Lipinski definition) is 2.